The van der Waals surface area contributed by atoms with Crippen LogP contribution < -0.4 is 0 Å². The van der Waals surface area contributed by atoms with E-state index in [4.69, 9.17) is 0 Å². The van der Waals surface area contributed by atoms with Crippen LogP contribution in [0.4, 0.5) is 0 Å². The van der Waals surface area contributed by atoms with Gasteiger partial charge in [0.25, 0.3) is 0 Å². The van der Waals surface area contributed by atoms with E-state index < -0.39 is 0 Å². The highest BCUT2D eigenvalue weighted by Gasteiger charge is 2.02. The van der Waals surface area contributed by atoms with Crippen LogP contribution in [0.5, 0.6) is 0 Å². The fourth-order valence-electron chi connectivity index (χ4n) is 0.702. The molecular weight excluding hydrogens is 112 g/mol. The van der Waals surface area contributed by atoms with Crippen molar-refractivity contribution in [1.82, 2.24) is 0 Å². The van der Waals surface area contributed by atoms with E-state index in [2.05, 4.69) is 0 Å². The number of hydrogen-bond acceptors (Lipinski definition) is 1. The zero-order valence-corrected chi connectivity index (χ0v) is 6.48. The molecule has 0 bridgehead atoms. The van der Waals surface area contributed by atoms with Crippen LogP contribution in [0.1, 0.15) is 33.6 Å². The third kappa shape index (κ3) is 5.54. The molecule has 0 atom stereocenters. The minimum absolute atomic E-state index is 0.285. The minimum Gasteiger partial charge on any atom is -0.299 e. The average Bonchev–Trinajstić information content (AvgIpc) is 1.63. The molecule has 0 aromatic heterocycles. The third-order valence-electron chi connectivity index (χ3n) is 1.02. The zero-order chi connectivity index (χ0) is 7.28. The van der Waals surface area contributed by atoms with Crippen molar-refractivity contribution in [3.8, 4) is 0 Å². The number of hydrogen-bond donors (Lipinski definition) is 0. The Kier molecular flexibility index (Phi) is 4.37. The zero-order valence-electron chi connectivity index (χ0n) is 6.48. The lowest BCUT2D eigenvalue weighted by molar-refractivity contribution is -0.116. The van der Waals surface area contributed by atoms with Crippen molar-refractivity contribution >= 4 is 5.78 Å². The van der Waals surface area contributed by atoms with Gasteiger partial charge in [-0.05, 0) is 12.3 Å². The summed E-state index contributed by atoms with van der Waals surface area (Å²) in [5, 5.41) is 0. The molecule has 0 N–H and O–H groups in total. The highest BCUT2D eigenvalue weighted by molar-refractivity contribution is 5.86. The first-order valence-electron chi connectivity index (χ1n) is 3.54. The lowest BCUT2D eigenvalue weighted by atomic mass is 10.0. The molecule has 0 heterocycles. The van der Waals surface area contributed by atoms with E-state index in [0.29, 0.717) is 12.3 Å². The number of carbonyl (C=O) groups excluding carboxylic acids is 1. The number of rotatable bonds is 4. The van der Waals surface area contributed by atoms with Crippen LogP contribution in [0.3, 0.4) is 0 Å². The van der Waals surface area contributed by atoms with Crippen molar-refractivity contribution in [1.29, 1.82) is 0 Å². The van der Waals surface area contributed by atoms with Crippen LogP contribution >= 0.6 is 0 Å². The molecule has 0 saturated heterocycles. The van der Waals surface area contributed by atoms with Crippen LogP contribution in [0, 0.1) is 12.3 Å². The molecule has 0 unspecified atom stereocenters. The second-order valence-corrected chi connectivity index (χ2v) is 2.63. The van der Waals surface area contributed by atoms with E-state index in [-0.39, 0.29) is 5.78 Å². The smallest absolute Gasteiger partial charge is 0.136 e. The quantitative estimate of drug-likeness (QED) is 0.566. The fourth-order valence-corrected chi connectivity index (χ4v) is 0.702. The van der Waals surface area contributed by atoms with Gasteiger partial charge in [-0.15, -0.1) is 0 Å². The van der Waals surface area contributed by atoms with Crippen molar-refractivity contribution in [3.05, 3.63) is 6.42 Å². The fraction of sp³-hybridized carbons (Fsp3) is 0.750. The monoisotopic (exact) mass is 127 g/mol. The molecule has 0 rings (SSSR count). The normalized spacial score (nSPS) is 10.2. The lowest BCUT2D eigenvalue weighted by Crippen LogP contribution is -2.02. The van der Waals surface area contributed by atoms with Crippen LogP contribution in [0.2, 0.25) is 0 Å². The maximum Gasteiger partial charge on any atom is 0.136 e. The number of carbonyl (C=O) groups is 1. The third-order valence-corrected chi connectivity index (χ3v) is 1.02. The van der Waals surface area contributed by atoms with Crippen LogP contribution in [0.25, 0.3) is 0 Å². The Labute approximate surface area is 57.5 Å². The van der Waals surface area contributed by atoms with Crippen molar-refractivity contribution in [2.24, 2.45) is 5.92 Å². The molecule has 0 aromatic carbocycles. The largest absolute Gasteiger partial charge is 0.299 e. The Morgan fingerprint density at radius 2 is 2.11 bits per heavy atom. The van der Waals surface area contributed by atoms with Gasteiger partial charge in [0.1, 0.15) is 5.78 Å². The van der Waals surface area contributed by atoms with Gasteiger partial charge in [0.2, 0.25) is 0 Å². The summed E-state index contributed by atoms with van der Waals surface area (Å²) in [5.41, 5.74) is 0. The SMILES string of the molecule is CCCC(=O)[CH]C(C)C. The molecule has 0 spiro atoms. The van der Waals surface area contributed by atoms with Gasteiger partial charge in [-0.3, -0.25) is 4.79 Å². The Hall–Kier alpha value is -0.330. The molecule has 1 radical (unpaired) electrons. The van der Waals surface area contributed by atoms with Crippen molar-refractivity contribution < 1.29 is 4.79 Å². The van der Waals surface area contributed by atoms with Gasteiger partial charge >= 0.3 is 0 Å². The van der Waals surface area contributed by atoms with Gasteiger partial charge < -0.3 is 0 Å². The average molecular weight is 127 g/mol. The maximum absolute atomic E-state index is 10.8. The molecular formula is C8H15O. The summed E-state index contributed by atoms with van der Waals surface area (Å²) in [6.07, 6.45) is 3.45. The van der Waals surface area contributed by atoms with Crippen LogP contribution in [0.15, 0.2) is 0 Å². The van der Waals surface area contributed by atoms with Gasteiger partial charge in [0.05, 0.1) is 0 Å². The summed E-state index contributed by atoms with van der Waals surface area (Å²) in [6.45, 7) is 6.06. The maximum atomic E-state index is 10.8. The number of Topliss-reactive ketones (excluding diaryl/α,β-unsaturated/α-hetero) is 1. The van der Waals surface area contributed by atoms with E-state index in [0.717, 1.165) is 6.42 Å². The predicted molar refractivity (Wildman–Crippen MR) is 39.1 cm³/mol. The molecule has 0 aliphatic rings. The Bertz CT molecular complexity index is 84.6. The molecule has 1 nitrogen and oxygen atoms in total. The molecule has 0 saturated carbocycles. The molecule has 0 aromatic rings. The standard InChI is InChI=1S/C8H15O/c1-4-5-8(9)6-7(2)3/h6-7H,4-5H2,1-3H3. The molecule has 1 heteroatoms. The van der Waals surface area contributed by atoms with Gasteiger partial charge in [-0.25, -0.2) is 0 Å². The van der Waals surface area contributed by atoms with Gasteiger partial charge in [0.15, 0.2) is 0 Å². The van der Waals surface area contributed by atoms with Gasteiger partial charge in [-0.1, -0.05) is 20.8 Å². The highest BCUT2D eigenvalue weighted by atomic mass is 16.1. The topological polar surface area (TPSA) is 17.1 Å². The first-order chi connectivity index (χ1) is 4.16. The van der Waals surface area contributed by atoms with Crippen molar-refractivity contribution in [2.45, 2.75) is 33.6 Å². The summed E-state index contributed by atoms with van der Waals surface area (Å²) in [6, 6.07) is 0. The minimum atomic E-state index is 0.285. The second kappa shape index (κ2) is 4.54. The van der Waals surface area contributed by atoms with E-state index in [1.54, 1.807) is 6.42 Å². The second-order valence-electron chi connectivity index (χ2n) is 2.63. The number of ketones is 1. The summed E-state index contributed by atoms with van der Waals surface area (Å²) < 4.78 is 0. The van der Waals surface area contributed by atoms with E-state index in [9.17, 15) is 4.79 Å². The first kappa shape index (κ1) is 8.67. The Morgan fingerprint density at radius 1 is 1.56 bits per heavy atom. The van der Waals surface area contributed by atoms with Crippen LogP contribution in [-0.4, -0.2) is 5.78 Å². The summed E-state index contributed by atoms with van der Waals surface area (Å²) in [5.74, 6) is 0.691. The van der Waals surface area contributed by atoms with Gasteiger partial charge in [0, 0.05) is 12.8 Å². The van der Waals surface area contributed by atoms with Crippen molar-refractivity contribution in [3.63, 3.8) is 0 Å². The predicted octanol–water partition coefficient (Wildman–Crippen LogP) is 2.22. The molecule has 0 aliphatic heterocycles. The lowest BCUT2D eigenvalue weighted by Gasteiger charge is -1.99. The summed E-state index contributed by atoms with van der Waals surface area (Å²) in [4.78, 5) is 10.8. The Balaban J connectivity index is 3.27. The first-order valence-corrected chi connectivity index (χ1v) is 3.54. The van der Waals surface area contributed by atoms with E-state index in [1.807, 2.05) is 20.8 Å². The molecule has 0 fully saturated rings. The molecule has 9 heavy (non-hydrogen) atoms. The van der Waals surface area contributed by atoms with Crippen LogP contribution in [-0.2, 0) is 4.79 Å². The van der Waals surface area contributed by atoms with E-state index in [1.165, 1.54) is 0 Å². The van der Waals surface area contributed by atoms with Crippen molar-refractivity contribution in [2.75, 3.05) is 0 Å². The Morgan fingerprint density at radius 3 is 2.44 bits per heavy atom. The highest BCUT2D eigenvalue weighted by Crippen LogP contribution is 2.01. The summed E-state index contributed by atoms with van der Waals surface area (Å²) in [7, 11) is 0. The van der Waals surface area contributed by atoms with E-state index >= 15 is 0 Å². The molecule has 0 aliphatic carbocycles. The molecule has 53 valence electrons. The summed E-state index contributed by atoms with van der Waals surface area (Å²) >= 11 is 0. The van der Waals surface area contributed by atoms with Gasteiger partial charge in [-0.2, -0.15) is 0 Å². The molecule has 0 amide bonds.